The molecule has 1 aromatic heterocycles. The number of rotatable bonds is 3. The molecule has 1 N–H and O–H groups in total. The average molecular weight is 403 g/mol. The Morgan fingerprint density at radius 3 is 2.84 bits per heavy atom. The summed E-state index contributed by atoms with van der Waals surface area (Å²) in [5.74, 6) is 2.31. The lowest BCUT2D eigenvalue weighted by Gasteiger charge is -2.34. The maximum Gasteiger partial charge on any atom is 0.134 e. The largest absolute Gasteiger partial charge is 0.396 e. The number of anilines is 2. The molecule has 1 saturated heterocycles. The Morgan fingerprint density at radius 1 is 1.16 bits per heavy atom. The van der Waals surface area contributed by atoms with Crippen LogP contribution in [0.15, 0.2) is 35.1 Å². The van der Waals surface area contributed by atoms with Crippen molar-refractivity contribution < 1.29 is 5.11 Å². The van der Waals surface area contributed by atoms with Crippen LogP contribution in [0.3, 0.4) is 0 Å². The van der Waals surface area contributed by atoms with Crippen LogP contribution < -0.4 is 9.80 Å². The van der Waals surface area contributed by atoms with Crippen molar-refractivity contribution in [1.29, 1.82) is 0 Å². The van der Waals surface area contributed by atoms with Gasteiger partial charge in [0.2, 0.25) is 0 Å². The predicted molar refractivity (Wildman–Crippen MR) is 103 cm³/mol. The highest BCUT2D eigenvalue weighted by Crippen LogP contribution is 2.30. The smallest absolute Gasteiger partial charge is 0.134 e. The van der Waals surface area contributed by atoms with Crippen molar-refractivity contribution in [3.63, 3.8) is 0 Å². The van der Waals surface area contributed by atoms with Crippen LogP contribution in [0.5, 0.6) is 0 Å². The molecule has 2 aromatic rings. The molecule has 5 nitrogen and oxygen atoms in total. The summed E-state index contributed by atoms with van der Waals surface area (Å²) in [6.45, 7) is 3.97. The minimum Gasteiger partial charge on any atom is -0.396 e. The number of piperidine rings is 1. The van der Waals surface area contributed by atoms with Crippen LogP contribution in [0, 0.1) is 5.92 Å². The highest BCUT2D eigenvalue weighted by atomic mass is 79.9. The van der Waals surface area contributed by atoms with Crippen LogP contribution in [0.2, 0.25) is 0 Å². The third-order valence-corrected chi connectivity index (χ3v) is 6.02. The number of fused-ring (bicyclic) bond motifs is 1. The summed E-state index contributed by atoms with van der Waals surface area (Å²) in [4.78, 5) is 13.6. The first-order valence-corrected chi connectivity index (χ1v) is 9.73. The zero-order valence-corrected chi connectivity index (χ0v) is 15.8. The first kappa shape index (κ1) is 16.8. The van der Waals surface area contributed by atoms with Crippen molar-refractivity contribution in [2.45, 2.75) is 25.8 Å². The van der Waals surface area contributed by atoms with Gasteiger partial charge in [0, 0.05) is 43.3 Å². The van der Waals surface area contributed by atoms with Gasteiger partial charge in [-0.25, -0.2) is 9.97 Å². The first-order valence-electron chi connectivity index (χ1n) is 8.93. The van der Waals surface area contributed by atoms with Crippen LogP contribution in [-0.2, 0) is 13.0 Å². The van der Waals surface area contributed by atoms with Gasteiger partial charge in [0.1, 0.15) is 18.0 Å². The topological polar surface area (TPSA) is 52.5 Å². The molecule has 6 heteroatoms. The van der Waals surface area contributed by atoms with Crippen LogP contribution in [-0.4, -0.2) is 41.3 Å². The Kier molecular flexibility index (Phi) is 4.90. The van der Waals surface area contributed by atoms with Gasteiger partial charge in [0.15, 0.2) is 0 Å². The quantitative estimate of drug-likeness (QED) is 0.854. The molecule has 0 bridgehead atoms. The van der Waals surface area contributed by atoms with Crippen molar-refractivity contribution in [1.82, 2.24) is 9.97 Å². The Balaban J connectivity index is 1.55. The molecule has 0 aliphatic carbocycles. The molecule has 1 atom stereocenters. The van der Waals surface area contributed by atoms with Crippen molar-refractivity contribution in [2.24, 2.45) is 5.92 Å². The third kappa shape index (κ3) is 3.51. The number of aromatic nitrogens is 2. The second-order valence-electron chi connectivity index (χ2n) is 6.92. The van der Waals surface area contributed by atoms with Gasteiger partial charge < -0.3 is 14.9 Å². The second-order valence-corrected chi connectivity index (χ2v) is 7.77. The van der Waals surface area contributed by atoms with Gasteiger partial charge in [-0.2, -0.15) is 0 Å². The predicted octanol–water partition coefficient (Wildman–Crippen LogP) is 3.01. The van der Waals surface area contributed by atoms with E-state index in [2.05, 4.69) is 60.0 Å². The Morgan fingerprint density at radius 2 is 2.00 bits per heavy atom. The van der Waals surface area contributed by atoms with Crippen LogP contribution >= 0.6 is 15.9 Å². The molecule has 25 heavy (non-hydrogen) atoms. The number of aliphatic hydroxyl groups is 1. The van der Waals surface area contributed by atoms with Gasteiger partial charge in [0.25, 0.3) is 0 Å². The van der Waals surface area contributed by atoms with E-state index >= 15 is 0 Å². The highest BCUT2D eigenvalue weighted by molar-refractivity contribution is 9.10. The van der Waals surface area contributed by atoms with Crippen LogP contribution in [0.1, 0.15) is 24.0 Å². The molecule has 0 saturated carbocycles. The van der Waals surface area contributed by atoms with E-state index < -0.39 is 0 Å². The van der Waals surface area contributed by atoms with Gasteiger partial charge in [-0.1, -0.05) is 28.1 Å². The lowest BCUT2D eigenvalue weighted by atomic mass is 9.99. The van der Waals surface area contributed by atoms with Crippen molar-refractivity contribution in [3.8, 4) is 0 Å². The Hall–Kier alpha value is -1.66. The highest BCUT2D eigenvalue weighted by Gasteiger charge is 2.23. The van der Waals surface area contributed by atoms with E-state index in [9.17, 15) is 5.11 Å². The third-order valence-electron chi connectivity index (χ3n) is 5.28. The van der Waals surface area contributed by atoms with E-state index in [1.54, 1.807) is 6.33 Å². The number of halogens is 1. The SMILES string of the molecule is OCC1CCCN(c2cc(N3CCc4cccc(Br)c4C3)ncn2)C1. The van der Waals surface area contributed by atoms with Crippen molar-refractivity contribution in [3.05, 3.63) is 46.2 Å². The first-order chi connectivity index (χ1) is 12.2. The summed E-state index contributed by atoms with van der Waals surface area (Å²) in [5, 5.41) is 9.46. The molecule has 0 spiro atoms. The Labute approximate surface area is 156 Å². The zero-order chi connectivity index (χ0) is 17.2. The molecular formula is C19H23BrN4O. The number of hydrogen-bond donors (Lipinski definition) is 1. The average Bonchev–Trinajstić information content (AvgIpc) is 2.68. The summed E-state index contributed by atoms with van der Waals surface area (Å²) in [7, 11) is 0. The molecule has 2 aliphatic heterocycles. The summed E-state index contributed by atoms with van der Waals surface area (Å²) < 4.78 is 1.17. The fraction of sp³-hybridized carbons (Fsp3) is 0.474. The summed E-state index contributed by atoms with van der Waals surface area (Å²) in [6.07, 6.45) is 4.91. The number of aliphatic hydroxyl groups excluding tert-OH is 1. The number of nitrogens with zero attached hydrogens (tertiary/aromatic N) is 4. The fourth-order valence-corrected chi connectivity index (χ4v) is 4.37. The van der Waals surface area contributed by atoms with Gasteiger partial charge in [-0.3, -0.25) is 0 Å². The van der Waals surface area contributed by atoms with Crippen LogP contribution in [0.25, 0.3) is 0 Å². The van der Waals surface area contributed by atoms with Crippen molar-refractivity contribution in [2.75, 3.05) is 36.0 Å². The maximum atomic E-state index is 9.46. The molecule has 1 fully saturated rings. The zero-order valence-electron chi connectivity index (χ0n) is 14.2. The maximum absolute atomic E-state index is 9.46. The number of hydrogen-bond acceptors (Lipinski definition) is 5. The molecule has 1 unspecified atom stereocenters. The Bertz CT molecular complexity index is 754. The molecule has 2 aliphatic rings. The fourth-order valence-electron chi connectivity index (χ4n) is 3.84. The number of benzene rings is 1. The van der Waals surface area contributed by atoms with Gasteiger partial charge in [-0.05, 0) is 42.4 Å². The minimum absolute atomic E-state index is 0.255. The van der Waals surface area contributed by atoms with E-state index in [1.165, 1.54) is 15.6 Å². The molecule has 3 heterocycles. The second kappa shape index (κ2) is 7.30. The minimum atomic E-state index is 0.255. The molecule has 4 rings (SSSR count). The van der Waals surface area contributed by atoms with E-state index in [1.807, 2.05) is 0 Å². The molecule has 132 valence electrons. The summed E-state index contributed by atoms with van der Waals surface area (Å²) >= 11 is 3.68. The van der Waals surface area contributed by atoms with Crippen LogP contribution in [0.4, 0.5) is 11.6 Å². The van der Waals surface area contributed by atoms with E-state index in [-0.39, 0.29) is 6.61 Å². The summed E-state index contributed by atoms with van der Waals surface area (Å²) in [6, 6.07) is 8.53. The van der Waals surface area contributed by atoms with Gasteiger partial charge >= 0.3 is 0 Å². The van der Waals surface area contributed by atoms with Crippen molar-refractivity contribution >= 4 is 27.6 Å². The molecule has 0 amide bonds. The molecule has 1 aromatic carbocycles. The lowest BCUT2D eigenvalue weighted by molar-refractivity contribution is 0.208. The van der Waals surface area contributed by atoms with E-state index in [0.717, 1.165) is 57.1 Å². The van der Waals surface area contributed by atoms with Gasteiger partial charge in [-0.15, -0.1) is 0 Å². The lowest BCUT2D eigenvalue weighted by Crippen LogP contribution is -2.37. The molecule has 0 radical (unpaired) electrons. The normalized spacial score (nSPS) is 20.5. The monoisotopic (exact) mass is 402 g/mol. The summed E-state index contributed by atoms with van der Waals surface area (Å²) in [5.41, 5.74) is 2.77. The van der Waals surface area contributed by atoms with E-state index in [0.29, 0.717) is 5.92 Å². The van der Waals surface area contributed by atoms with Gasteiger partial charge in [0.05, 0.1) is 0 Å². The molecular weight excluding hydrogens is 380 g/mol. The van der Waals surface area contributed by atoms with E-state index in [4.69, 9.17) is 0 Å². The standard InChI is InChI=1S/C19H23BrN4O/c20-17-5-1-4-15-6-8-24(11-16(15)17)19-9-18(21-13-22-19)23-7-2-3-14(10-23)12-25/h1,4-5,9,13-14,25H,2-3,6-8,10-12H2.